The molecule has 0 aliphatic carbocycles. The largest absolute Gasteiger partial charge is 0.489 e. The van der Waals surface area contributed by atoms with Crippen LogP contribution in [0, 0.1) is 0 Å². The van der Waals surface area contributed by atoms with Gasteiger partial charge in [-0.15, -0.1) is 0 Å². The molecule has 16 heavy (non-hydrogen) atoms. The molecule has 0 saturated heterocycles. The van der Waals surface area contributed by atoms with Crippen molar-refractivity contribution in [3.8, 4) is 5.75 Å². The Labute approximate surface area is 103 Å². The van der Waals surface area contributed by atoms with Crippen LogP contribution in [0.5, 0.6) is 5.75 Å². The van der Waals surface area contributed by atoms with Crippen molar-refractivity contribution in [3.05, 3.63) is 28.9 Å². The number of ether oxygens (including phenoxy) is 1. The Kier molecular flexibility index (Phi) is 3.01. The lowest BCUT2D eigenvalue weighted by molar-refractivity contribution is 0.245. The van der Waals surface area contributed by atoms with Crippen LogP contribution in [-0.4, -0.2) is 11.1 Å². The van der Waals surface area contributed by atoms with Crippen molar-refractivity contribution in [2.45, 2.75) is 20.0 Å². The van der Waals surface area contributed by atoms with Crippen LogP contribution in [0.3, 0.4) is 0 Å². The Morgan fingerprint density at radius 1 is 1.38 bits per heavy atom. The van der Waals surface area contributed by atoms with Crippen molar-refractivity contribution in [1.29, 1.82) is 0 Å². The van der Waals surface area contributed by atoms with Crippen molar-refractivity contribution < 1.29 is 4.74 Å². The maximum absolute atomic E-state index is 5.91. The summed E-state index contributed by atoms with van der Waals surface area (Å²) in [6.07, 6.45) is 1.87. The normalized spacial score (nSPS) is 11.0. The third-order valence-corrected chi connectivity index (χ3v) is 2.61. The van der Waals surface area contributed by atoms with Crippen LogP contribution >= 0.6 is 15.9 Å². The highest BCUT2D eigenvalue weighted by Crippen LogP contribution is 2.30. The second-order valence-electron chi connectivity index (χ2n) is 3.87. The molecule has 1 aromatic heterocycles. The number of halogens is 1. The Balaban J connectivity index is 2.64. The van der Waals surface area contributed by atoms with E-state index in [4.69, 9.17) is 10.5 Å². The first-order valence-corrected chi connectivity index (χ1v) is 5.87. The Morgan fingerprint density at radius 3 is 2.81 bits per heavy atom. The van der Waals surface area contributed by atoms with Gasteiger partial charge in [0.1, 0.15) is 11.3 Å². The molecule has 0 amide bonds. The van der Waals surface area contributed by atoms with E-state index in [0.29, 0.717) is 5.69 Å². The van der Waals surface area contributed by atoms with E-state index in [1.165, 1.54) is 0 Å². The zero-order valence-corrected chi connectivity index (χ0v) is 10.8. The van der Waals surface area contributed by atoms with Gasteiger partial charge >= 0.3 is 0 Å². The van der Waals surface area contributed by atoms with Crippen molar-refractivity contribution in [2.75, 3.05) is 5.73 Å². The molecule has 0 radical (unpaired) electrons. The Morgan fingerprint density at radius 2 is 2.12 bits per heavy atom. The van der Waals surface area contributed by atoms with Gasteiger partial charge in [0.2, 0.25) is 0 Å². The topological polar surface area (TPSA) is 48.1 Å². The molecule has 2 rings (SSSR count). The molecule has 1 heterocycles. The summed E-state index contributed by atoms with van der Waals surface area (Å²) in [4.78, 5) is 4.34. The fourth-order valence-electron chi connectivity index (χ4n) is 1.54. The van der Waals surface area contributed by atoms with E-state index in [0.717, 1.165) is 21.1 Å². The molecular formula is C12H13BrN2O. The fraction of sp³-hybridized carbons (Fsp3) is 0.250. The van der Waals surface area contributed by atoms with E-state index >= 15 is 0 Å². The van der Waals surface area contributed by atoms with Crippen molar-refractivity contribution in [3.63, 3.8) is 0 Å². The number of nitrogen functional groups attached to an aromatic ring is 1. The summed E-state index contributed by atoms with van der Waals surface area (Å²) in [5.41, 5.74) is 7.42. The third kappa shape index (κ3) is 2.11. The first-order valence-electron chi connectivity index (χ1n) is 5.08. The summed E-state index contributed by atoms with van der Waals surface area (Å²) in [6.45, 7) is 3.97. The Bertz CT molecular complexity index is 526. The minimum atomic E-state index is 0.122. The minimum absolute atomic E-state index is 0.122. The monoisotopic (exact) mass is 280 g/mol. The van der Waals surface area contributed by atoms with Gasteiger partial charge in [0.15, 0.2) is 0 Å². The number of fused-ring (bicyclic) bond motifs is 1. The van der Waals surface area contributed by atoms with Gasteiger partial charge in [0.25, 0.3) is 0 Å². The zero-order chi connectivity index (χ0) is 11.7. The van der Waals surface area contributed by atoms with Crippen LogP contribution in [0.4, 0.5) is 5.69 Å². The smallest absolute Gasteiger partial charge is 0.146 e. The third-order valence-electron chi connectivity index (χ3n) is 2.18. The standard InChI is InChI=1S/C12H13BrN2O/c1-7(2)16-11-4-3-10(14)9-5-8(13)6-15-12(9)11/h3-7H,14H2,1-2H3. The predicted molar refractivity (Wildman–Crippen MR) is 69.6 cm³/mol. The van der Waals surface area contributed by atoms with Crippen molar-refractivity contribution in [2.24, 2.45) is 0 Å². The van der Waals surface area contributed by atoms with Gasteiger partial charge in [-0.25, -0.2) is 0 Å². The minimum Gasteiger partial charge on any atom is -0.489 e. The second-order valence-corrected chi connectivity index (χ2v) is 4.78. The van der Waals surface area contributed by atoms with Crippen LogP contribution in [0.25, 0.3) is 10.9 Å². The average Bonchev–Trinajstić information content (AvgIpc) is 2.22. The molecule has 0 spiro atoms. The number of nitrogens with zero attached hydrogens (tertiary/aromatic N) is 1. The molecule has 2 aromatic rings. The van der Waals surface area contributed by atoms with E-state index in [1.54, 1.807) is 6.20 Å². The van der Waals surface area contributed by atoms with E-state index in [1.807, 2.05) is 32.0 Å². The van der Waals surface area contributed by atoms with E-state index < -0.39 is 0 Å². The second kappa shape index (κ2) is 4.29. The molecule has 0 bridgehead atoms. The van der Waals surface area contributed by atoms with Gasteiger partial charge in [0.05, 0.1) is 6.10 Å². The summed E-state index contributed by atoms with van der Waals surface area (Å²) < 4.78 is 6.60. The molecule has 4 heteroatoms. The lowest BCUT2D eigenvalue weighted by atomic mass is 10.1. The molecule has 0 saturated carbocycles. The zero-order valence-electron chi connectivity index (χ0n) is 9.20. The molecule has 0 atom stereocenters. The number of hydrogen-bond acceptors (Lipinski definition) is 3. The summed E-state index contributed by atoms with van der Waals surface area (Å²) in [6, 6.07) is 5.65. The number of hydrogen-bond donors (Lipinski definition) is 1. The van der Waals surface area contributed by atoms with Crippen molar-refractivity contribution >= 4 is 32.5 Å². The summed E-state index contributed by atoms with van der Waals surface area (Å²) >= 11 is 3.38. The van der Waals surface area contributed by atoms with Gasteiger partial charge in [-0.2, -0.15) is 0 Å². The number of anilines is 1. The van der Waals surface area contributed by atoms with Crippen LogP contribution in [0.15, 0.2) is 28.9 Å². The highest BCUT2D eigenvalue weighted by Gasteiger charge is 2.08. The summed E-state index contributed by atoms with van der Waals surface area (Å²) in [7, 11) is 0. The number of rotatable bonds is 2. The summed E-state index contributed by atoms with van der Waals surface area (Å²) in [5.74, 6) is 0.770. The molecule has 0 fully saturated rings. The molecule has 0 aliphatic rings. The molecule has 0 unspecified atom stereocenters. The number of pyridine rings is 1. The quantitative estimate of drug-likeness (QED) is 0.858. The molecule has 3 nitrogen and oxygen atoms in total. The van der Waals surface area contributed by atoms with Gasteiger partial charge in [-0.1, -0.05) is 0 Å². The molecule has 1 aromatic carbocycles. The maximum Gasteiger partial charge on any atom is 0.146 e. The number of nitrogens with two attached hydrogens (primary N) is 1. The highest BCUT2D eigenvalue weighted by molar-refractivity contribution is 9.10. The van der Waals surface area contributed by atoms with E-state index in [-0.39, 0.29) is 6.10 Å². The Hall–Kier alpha value is -1.29. The van der Waals surface area contributed by atoms with Crippen LogP contribution < -0.4 is 10.5 Å². The van der Waals surface area contributed by atoms with Crippen LogP contribution in [0.2, 0.25) is 0 Å². The maximum atomic E-state index is 5.91. The lowest BCUT2D eigenvalue weighted by Crippen LogP contribution is -2.06. The number of benzene rings is 1. The van der Waals surface area contributed by atoms with Crippen LogP contribution in [-0.2, 0) is 0 Å². The molecule has 84 valence electrons. The average molecular weight is 281 g/mol. The molecule has 0 aliphatic heterocycles. The van der Waals surface area contributed by atoms with E-state index in [2.05, 4.69) is 20.9 Å². The van der Waals surface area contributed by atoms with Gasteiger partial charge in [-0.05, 0) is 48.0 Å². The number of aromatic nitrogens is 1. The molecular weight excluding hydrogens is 268 g/mol. The highest BCUT2D eigenvalue weighted by atomic mass is 79.9. The lowest BCUT2D eigenvalue weighted by Gasteiger charge is -2.12. The van der Waals surface area contributed by atoms with Gasteiger partial charge in [0, 0.05) is 21.7 Å². The first kappa shape index (κ1) is 11.2. The van der Waals surface area contributed by atoms with Gasteiger partial charge in [-0.3, -0.25) is 4.98 Å². The van der Waals surface area contributed by atoms with Gasteiger partial charge < -0.3 is 10.5 Å². The van der Waals surface area contributed by atoms with E-state index in [9.17, 15) is 0 Å². The summed E-state index contributed by atoms with van der Waals surface area (Å²) in [5, 5.41) is 0.910. The molecule has 2 N–H and O–H groups in total. The fourth-order valence-corrected chi connectivity index (χ4v) is 1.87. The first-order chi connectivity index (χ1) is 7.58. The van der Waals surface area contributed by atoms with Crippen molar-refractivity contribution in [1.82, 2.24) is 4.98 Å². The predicted octanol–water partition coefficient (Wildman–Crippen LogP) is 3.37. The van der Waals surface area contributed by atoms with Crippen LogP contribution in [0.1, 0.15) is 13.8 Å². The SMILES string of the molecule is CC(C)Oc1ccc(N)c2cc(Br)cnc12.